The second-order valence-corrected chi connectivity index (χ2v) is 6.53. The molecule has 1 saturated carbocycles. The average Bonchev–Trinajstić information content (AvgIpc) is 2.66. The molecule has 0 spiro atoms. The van der Waals surface area contributed by atoms with E-state index < -0.39 is 0 Å². The Hall–Kier alpha value is 0.470. The molecule has 0 unspecified atom stereocenters. The van der Waals surface area contributed by atoms with E-state index in [1.54, 1.807) is 11.3 Å². The van der Waals surface area contributed by atoms with Gasteiger partial charge in [0.25, 0.3) is 0 Å². The van der Waals surface area contributed by atoms with Crippen LogP contribution < -0.4 is 0 Å². The first kappa shape index (κ1) is 11.9. The van der Waals surface area contributed by atoms with E-state index in [9.17, 15) is 0 Å². The van der Waals surface area contributed by atoms with Gasteiger partial charge in [-0.3, -0.25) is 0 Å². The molecular formula is C12H16BrClS. The molecule has 0 aliphatic heterocycles. The van der Waals surface area contributed by atoms with Gasteiger partial charge >= 0.3 is 0 Å². The Morgan fingerprint density at radius 2 is 2.07 bits per heavy atom. The van der Waals surface area contributed by atoms with Crippen molar-refractivity contribution in [3.8, 4) is 0 Å². The molecule has 3 heteroatoms. The average molecular weight is 308 g/mol. The highest BCUT2D eigenvalue weighted by molar-refractivity contribution is 9.09. The zero-order chi connectivity index (χ0) is 10.7. The van der Waals surface area contributed by atoms with E-state index in [4.69, 9.17) is 11.6 Å². The van der Waals surface area contributed by atoms with E-state index in [-0.39, 0.29) is 0 Å². The van der Waals surface area contributed by atoms with Crippen LogP contribution in [-0.2, 0) is 6.42 Å². The van der Waals surface area contributed by atoms with Crippen molar-refractivity contribution >= 4 is 38.9 Å². The van der Waals surface area contributed by atoms with Gasteiger partial charge in [-0.1, -0.05) is 46.8 Å². The van der Waals surface area contributed by atoms with Gasteiger partial charge in [0.05, 0.1) is 5.02 Å². The lowest BCUT2D eigenvalue weighted by molar-refractivity contribution is 0.225. The van der Waals surface area contributed by atoms with Gasteiger partial charge in [-0.2, -0.15) is 0 Å². The molecule has 1 fully saturated rings. The first-order valence-electron chi connectivity index (χ1n) is 5.54. The third kappa shape index (κ3) is 2.78. The topological polar surface area (TPSA) is 0 Å². The van der Waals surface area contributed by atoms with Crippen LogP contribution in [0.4, 0.5) is 0 Å². The van der Waals surface area contributed by atoms with Gasteiger partial charge in [0, 0.05) is 10.2 Å². The molecule has 1 aromatic heterocycles. The zero-order valence-electron chi connectivity index (χ0n) is 8.77. The molecule has 0 nitrogen and oxygen atoms in total. The molecule has 0 amide bonds. The van der Waals surface area contributed by atoms with Crippen LogP contribution in [0.2, 0.25) is 5.02 Å². The minimum absolute atomic E-state index is 0.479. The van der Waals surface area contributed by atoms with Crippen molar-refractivity contribution in [1.29, 1.82) is 0 Å². The Bertz CT molecular complexity index is 315. The maximum atomic E-state index is 6.17. The summed E-state index contributed by atoms with van der Waals surface area (Å²) in [7, 11) is 0. The summed E-state index contributed by atoms with van der Waals surface area (Å²) in [4.78, 5) is 1.37. The Kier molecular flexibility index (Phi) is 4.14. The quantitative estimate of drug-likeness (QED) is 0.666. The Balaban J connectivity index is 2.10. The summed E-state index contributed by atoms with van der Waals surface area (Å²) in [5, 5.41) is 4.18. The second-order valence-electron chi connectivity index (χ2n) is 4.56. The lowest BCUT2D eigenvalue weighted by Crippen LogP contribution is -2.28. The molecule has 0 N–H and O–H groups in total. The van der Waals surface area contributed by atoms with Crippen molar-refractivity contribution in [2.45, 2.75) is 38.5 Å². The Morgan fingerprint density at radius 1 is 1.33 bits per heavy atom. The number of rotatable bonds is 3. The van der Waals surface area contributed by atoms with E-state index in [2.05, 4.69) is 21.3 Å². The summed E-state index contributed by atoms with van der Waals surface area (Å²) in [6.07, 6.45) is 8.05. The van der Waals surface area contributed by atoms with Crippen LogP contribution in [-0.4, -0.2) is 5.33 Å². The van der Waals surface area contributed by atoms with Gasteiger partial charge in [0.1, 0.15) is 0 Å². The maximum Gasteiger partial charge on any atom is 0.0545 e. The number of hydrogen-bond acceptors (Lipinski definition) is 1. The number of alkyl halides is 1. The van der Waals surface area contributed by atoms with E-state index >= 15 is 0 Å². The Morgan fingerprint density at radius 3 is 2.60 bits per heavy atom. The van der Waals surface area contributed by atoms with Crippen molar-refractivity contribution in [3.05, 3.63) is 21.3 Å². The highest BCUT2D eigenvalue weighted by Gasteiger charge is 2.31. The fraction of sp³-hybridized carbons (Fsp3) is 0.667. The molecule has 84 valence electrons. The first-order valence-corrected chi connectivity index (χ1v) is 7.91. The predicted octanol–water partition coefficient (Wildman–Crippen LogP) is 5.29. The van der Waals surface area contributed by atoms with Gasteiger partial charge in [-0.25, -0.2) is 0 Å². The Labute approximate surface area is 109 Å². The number of halogens is 2. The van der Waals surface area contributed by atoms with Crippen LogP contribution in [0.1, 0.15) is 37.0 Å². The van der Waals surface area contributed by atoms with Crippen molar-refractivity contribution in [2.75, 3.05) is 5.33 Å². The standard InChI is InChI=1S/C12H16BrClS/c13-9-12(5-2-1-3-6-12)8-11-10(14)4-7-15-11/h4,7H,1-3,5-6,8-9H2. The lowest BCUT2D eigenvalue weighted by atomic mass is 9.73. The van der Waals surface area contributed by atoms with Crippen LogP contribution in [0.5, 0.6) is 0 Å². The van der Waals surface area contributed by atoms with E-state index in [0.29, 0.717) is 5.41 Å². The van der Waals surface area contributed by atoms with Crippen LogP contribution >= 0.6 is 38.9 Å². The molecule has 15 heavy (non-hydrogen) atoms. The molecule has 0 saturated heterocycles. The summed E-state index contributed by atoms with van der Waals surface area (Å²) in [6, 6.07) is 2.02. The molecular weight excluding hydrogens is 292 g/mol. The molecule has 2 rings (SSSR count). The van der Waals surface area contributed by atoms with Crippen LogP contribution in [0.15, 0.2) is 11.4 Å². The van der Waals surface area contributed by atoms with Crippen molar-refractivity contribution < 1.29 is 0 Å². The van der Waals surface area contributed by atoms with Gasteiger partial charge in [-0.15, -0.1) is 11.3 Å². The van der Waals surface area contributed by atoms with Crippen molar-refractivity contribution in [1.82, 2.24) is 0 Å². The van der Waals surface area contributed by atoms with E-state index in [0.717, 1.165) is 16.8 Å². The highest BCUT2D eigenvalue weighted by atomic mass is 79.9. The molecule has 1 aliphatic rings. The smallest absolute Gasteiger partial charge is 0.0545 e. The van der Waals surface area contributed by atoms with Gasteiger partial charge in [0.15, 0.2) is 0 Å². The van der Waals surface area contributed by atoms with Gasteiger partial charge < -0.3 is 0 Å². The van der Waals surface area contributed by atoms with Crippen molar-refractivity contribution in [3.63, 3.8) is 0 Å². The lowest BCUT2D eigenvalue weighted by Gasteiger charge is -2.35. The largest absolute Gasteiger partial charge is 0.147 e. The van der Waals surface area contributed by atoms with Crippen molar-refractivity contribution in [2.24, 2.45) is 5.41 Å². The fourth-order valence-electron chi connectivity index (χ4n) is 2.45. The maximum absolute atomic E-state index is 6.17. The van der Waals surface area contributed by atoms with Crippen LogP contribution in [0, 0.1) is 5.41 Å². The van der Waals surface area contributed by atoms with E-state index in [1.165, 1.54) is 37.0 Å². The summed E-state index contributed by atoms with van der Waals surface area (Å²) >= 11 is 11.7. The molecule has 0 bridgehead atoms. The third-order valence-corrected chi connectivity index (χ3v) is 6.00. The van der Waals surface area contributed by atoms with Gasteiger partial charge in [0.2, 0.25) is 0 Å². The molecule has 1 heterocycles. The molecule has 0 aromatic carbocycles. The zero-order valence-corrected chi connectivity index (χ0v) is 11.9. The normalized spacial score (nSPS) is 20.4. The third-order valence-electron chi connectivity index (χ3n) is 3.42. The van der Waals surface area contributed by atoms with Gasteiger partial charge in [-0.05, 0) is 36.1 Å². The summed E-state index contributed by atoms with van der Waals surface area (Å²) < 4.78 is 0. The van der Waals surface area contributed by atoms with E-state index in [1.807, 2.05) is 6.07 Å². The molecule has 1 aliphatic carbocycles. The number of thiophene rings is 1. The van der Waals surface area contributed by atoms with Crippen LogP contribution in [0.25, 0.3) is 0 Å². The molecule has 0 radical (unpaired) electrons. The second kappa shape index (κ2) is 5.20. The summed E-state index contributed by atoms with van der Waals surface area (Å²) in [5.41, 5.74) is 0.479. The van der Waals surface area contributed by atoms with Crippen LogP contribution in [0.3, 0.4) is 0 Å². The minimum Gasteiger partial charge on any atom is -0.147 e. The highest BCUT2D eigenvalue weighted by Crippen LogP contribution is 2.42. The molecule has 0 atom stereocenters. The summed E-state index contributed by atoms with van der Waals surface area (Å²) in [6.45, 7) is 0. The fourth-order valence-corrected chi connectivity index (χ4v) is 4.49. The molecule has 1 aromatic rings. The number of hydrogen-bond donors (Lipinski definition) is 0. The predicted molar refractivity (Wildman–Crippen MR) is 72.3 cm³/mol. The monoisotopic (exact) mass is 306 g/mol. The SMILES string of the molecule is Clc1ccsc1CC1(CBr)CCCCC1. The summed E-state index contributed by atoms with van der Waals surface area (Å²) in [5.74, 6) is 0. The first-order chi connectivity index (χ1) is 7.26. The minimum atomic E-state index is 0.479.